The average molecular weight is 320 g/mol. The standard InChI is InChI=1S/C16H21FN4O2/c1-3-21-13-5-4-11(17)8-12(13)19-14(21)9-20-6-7-23-10(2)15(20)16(18)22/h4-5,8,10,15H,3,6-7,9H2,1-2H3,(H2,18,22)/t10-,15+/m1/s1. The molecule has 1 aromatic heterocycles. The first kappa shape index (κ1) is 15.9. The van der Waals surface area contributed by atoms with Crippen LogP contribution in [0, 0.1) is 5.82 Å². The van der Waals surface area contributed by atoms with Gasteiger partial charge in [-0.25, -0.2) is 9.37 Å². The van der Waals surface area contributed by atoms with Gasteiger partial charge in [-0.15, -0.1) is 0 Å². The third-order valence-corrected chi connectivity index (χ3v) is 4.34. The van der Waals surface area contributed by atoms with Crippen LogP contribution in [0.3, 0.4) is 0 Å². The van der Waals surface area contributed by atoms with Crippen LogP contribution in [0.5, 0.6) is 0 Å². The highest BCUT2D eigenvalue weighted by Gasteiger charge is 2.34. The van der Waals surface area contributed by atoms with Gasteiger partial charge in [0.05, 0.1) is 30.3 Å². The second-order valence-corrected chi connectivity index (χ2v) is 5.80. The molecule has 23 heavy (non-hydrogen) atoms. The molecule has 2 heterocycles. The number of ether oxygens (including phenoxy) is 1. The van der Waals surface area contributed by atoms with Crippen molar-refractivity contribution in [2.75, 3.05) is 13.2 Å². The Labute approximate surface area is 134 Å². The van der Waals surface area contributed by atoms with Crippen molar-refractivity contribution < 1.29 is 13.9 Å². The van der Waals surface area contributed by atoms with Crippen LogP contribution in [0.2, 0.25) is 0 Å². The Kier molecular flexibility index (Phi) is 4.32. The number of benzene rings is 1. The minimum Gasteiger partial charge on any atom is -0.375 e. The molecule has 6 nitrogen and oxygen atoms in total. The summed E-state index contributed by atoms with van der Waals surface area (Å²) in [5.74, 6) is 0.0932. The number of nitrogens with two attached hydrogens (primary N) is 1. The number of hydrogen-bond acceptors (Lipinski definition) is 4. The molecular formula is C16H21FN4O2. The fourth-order valence-electron chi connectivity index (χ4n) is 3.28. The van der Waals surface area contributed by atoms with E-state index in [2.05, 4.69) is 4.98 Å². The van der Waals surface area contributed by atoms with Gasteiger partial charge in [0.1, 0.15) is 17.7 Å². The molecule has 0 saturated carbocycles. The van der Waals surface area contributed by atoms with Crippen molar-refractivity contribution in [2.24, 2.45) is 5.73 Å². The fraction of sp³-hybridized carbons (Fsp3) is 0.500. The van der Waals surface area contributed by atoms with E-state index in [4.69, 9.17) is 10.5 Å². The third-order valence-electron chi connectivity index (χ3n) is 4.34. The van der Waals surface area contributed by atoms with Crippen molar-refractivity contribution in [3.8, 4) is 0 Å². The molecule has 3 rings (SSSR count). The Morgan fingerprint density at radius 3 is 3.00 bits per heavy atom. The lowest BCUT2D eigenvalue weighted by atomic mass is 10.1. The van der Waals surface area contributed by atoms with Gasteiger partial charge in [0.25, 0.3) is 0 Å². The molecule has 0 unspecified atom stereocenters. The van der Waals surface area contributed by atoms with Crippen LogP contribution in [0.25, 0.3) is 11.0 Å². The molecular weight excluding hydrogens is 299 g/mol. The molecule has 2 aromatic rings. The van der Waals surface area contributed by atoms with Gasteiger partial charge in [-0.05, 0) is 26.0 Å². The van der Waals surface area contributed by atoms with Crippen LogP contribution >= 0.6 is 0 Å². The predicted octanol–water partition coefficient (Wildman–Crippen LogP) is 1.27. The molecule has 1 fully saturated rings. The Balaban J connectivity index is 1.95. The van der Waals surface area contributed by atoms with E-state index in [9.17, 15) is 9.18 Å². The summed E-state index contributed by atoms with van der Waals surface area (Å²) in [5, 5.41) is 0. The minimum absolute atomic E-state index is 0.252. The first-order valence-electron chi connectivity index (χ1n) is 7.81. The van der Waals surface area contributed by atoms with E-state index in [-0.39, 0.29) is 11.9 Å². The van der Waals surface area contributed by atoms with E-state index in [1.54, 1.807) is 6.07 Å². The van der Waals surface area contributed by atoms with Crippen LogP contribution in [0.1, 0.15) is 19.7 Å². The fourth-order valence-corrected chi connectivity index (χ4v) is 3.28. The van der Waals surface area contributed by atoms with Crippen molar-refractivity contribution in [2.45, 2.75) is 39.1 Å². The first-order valence-corrected chi connectivity index (χ1v) is 7.81. The number of aryl methyl sites for hydroxylation is 1. The number of fused-ring (bicyclic) bond motifs is 1. The maximum absolute atomic E-state index is 13.4. The van der Waals surface area contributed by atoms with Gasteiger partial charge < -0.3 is 15.0 Å². The average Bonchev–Trinajstić information content (AvgIpc) is 2.82. The molecule has 0 radical (unpaired) electrons. The number of nitrogens with zero attached hydrogens (tertiary/aromatic N) is 3. The number of carbonyl (C=O) groups is 1. The molecule has 2 atom stereocenters. The summed E-state index contributed by atoms with van der Waals surface area (Å²) in [5.41, 5.74) is 7.04. The van der Waals surface area contributed by atoms with E-state index in [1.165, 1.54) is 12.1 Å². The highest BCUT2D eigenvalue weighted by molar-refractivity contribution is 5.80. The SMILES string of the molecule is CCn1c(CN2CCO[C@H](C)[C@H]2C(N)=O)nc2cc(F)ccc21. The molecule has 7 heteroatoms. The van der Waals surface area contributed by atoms with E-state index in [0.717, 1.165) is 17.9 Å². The van der Waals surface area contributed by atoms with Crippen molar-refractivity contribution >= 4 is 16.9 Å². The third kappa shape index (κ3) is 2.94. The quantitative estimate of drug-likeness (QED) is 0.921. The van der Waals surface area contributed by atoms with Crippen molar-refractivity contribution in [1.82, 2.24) is 14.5 Å². The lowest BCUT2D eigenvalue weighted by molar-refractivity contribution is -0.136. The molecule has 1 amide bonds. The van der Waals surface area contributed by atoms with Crippen molar-refractivity contribution in [3.05, 3.63) is 29.8 Å². The zero-order valence-electron chi connectivity index (χ0n) is 13.3. The highest BCUT2D eigenvalue weighted by atomic mass is 19.1. The Morgan fingerprint density at radius 1 is 1.52 bits per heavy atom. The topological polar surface area (TPSA) is 73.4 Å². The summed E-state index contributed by atoms with van der Waals surface area (Å²) in [6, 6.07) is 4.12. The minimum atomic E-state index is -0.481. The van der Waals surface area contributed by atoms with Crippen LogP contribution in [0.4, 0.5) is 4.39 Å². The summed E-state index contributed by atoms with van der Waals surface area (Å²) in [6.07, 6.45) is -0.252. The summed E-state index contributed by atoms with van der Waals surface area (Å²) < 4.78 is 21.0. The van der Waals surface area contributed by atoms with E-state index >= 15 is 0 Å². The van der Waals surface area contributed by atoms with Crippen molar-refractivity contribution in [3.63, 3.8) is 0 Å². The molecule has 0 bridgehead atoms. The van der Waals surface area contributed by atoms with Gasteiger partial charge in [0.2, 0.25) is 5.91 Å². The highest BCUT2D eigenvalue weighted by Crippen LogP contribution is 2.21. The number of imidazole rings is 1. The molecule has 1 saturated heterocycles. The molecule has 1 aliphatic rings. The maximum Gasteiger partial charge on any atom is 0.237 e. The number of amides is 1. The summed E-state index contributed by atoms with van der Waals surface area (Å²) in [6.45, 7) is 6.22. The lowest BCUT2D eigenvalue weighted by Gasteiger charge is -2.37. The predicted molar refractivity (Wildman–Crippen MR) is 84.2 cm³/mol. The number of halogens is 1. The normalized spacial score (nSPS) is 22.6. The number of hydrogen-bond donors (Lipinski definition) is 1. The lowest BCUT2D eigenvalue weighted by Crippen LogP contribution is -2.56. The Bertz CT molecular complexity index is 730. The van der Waals surface area contributed by atoms with Crippen LogP contribution in [-0.4, -0.2) is 45.7 Å². The zero-order valence-corrected chi connectivity index (χ0v) is 13.3. The summed E-state index contributed by atoms with van der Waals surface area (Å²) in [7, 11) is 0. The Hall–Kier alpha value is -1.99. The molecule has 124 valence electrons. The van der Waals surface area contributed by atoms with Crippen molar-refractivity contribution in [1.29, 1.82) is 0 Å². The van der Waals surface area contributed by atoms with Gasteiger partial charge in [0, 0.05) is 19.2 Å². The van der Waals surface area contributed by atoms with Gasteiger partial charge >= 0.3 is 0 Å². The monoisotopic (exact) mass is 320 g/mol. The molecule has 2 N–H and O–H groups in total. The van der Waals surface area contributed by atoms with Crippen LogP contribution in [-0.2, 0) is 22.6 Å². The van der Waals surface area contributed by atoms with Gasteiger partial charge in [-0.2, -0.15) is 0 Å². The molecule has 1 aliphatic heterocycles. The Morgan fingerprint density at radius 2 is 2.30 bits per heavy atom. The van der Waals surface area contributed by atoms with Crippen LogP contribution in [0.15, 0.2) is 18.2 Å². The van der Waals surface area contributed by atoms with E-state index < -0.39 is 11.9 Å². The number of carbonyl (C=O) groups excluding carboxylic acids is 1. The van der Waals surface area contributed by atoms with Crippen LogP contribution < -0.4 is 5.73 Å². The largest absolute Gasteiger partial charge is 0.375 e. The van der Waals surface area contributed by atoms with Gasteiger partial charge in [-0.1, -0.05) is 0 Å². The molecule has 0 spiro atoms. The summed E-state index contributed by atoms with van der Waals surface area (Å²) >= 11 is 0. The number of aromatic nitrogens is 2. The number of rotatable bonds is 4. The zero-order chi connectivity index (χ0) is 16.6. The molecule has 0 aliphatic carbocycles. The smallest absolute Gasteiger partial charge is 0.237 e. The van der Waals surface area contributed by atoms with E-state index in [0.29, 0.717) is 25.2 Å². The number of primary amides is 1. The second-order valence-electron chi connectivity index (χ2n) is 5.80. The summed E-state index contributed by atoms with van der Waals surface area (Å²) in [4.78, 5) is 18.3. The van der Waals surface area contributed by atoms with Gasteiger partial charge in [-0.3, -0.25) is 9.69 Å². The van der Waals surface area contributed by atoms with Gasteiger partial charge in [0.15, 0.2) is 0 Å². The van der Waals surface area contributed by atoms with E-state index in [1.807, 2.05) is 23.3 Å². The first-order chi connectivity index (χ1) is 11.0. The maximum atomic E-state index is 13.4. The molecule has 1 aromatic carbocycles. The number of morpholine rings is 1. The second kappa shape index (κ2) is 6.25.